The molecule has 11 rings (SSSR count). The summed E-state index contributed by atoms with van der Waals surface area (Å²) < 4.78 is 90.3. The van der Waals surface area contributed by atoms with Gasteiger partial charge in [-0.2, -0.15) is 0 Å². The number of nitrogens with zero attached hydrogens (tertiary/aromatic N) is 4. The van der Waals surface area contributed by atoms with Crippen LogP contribution in [0.4, 0.5) is 0 Å². The van der Waals surface area contributed by atoms with Gasteiger partial charge in [0, 0.05) is 49.8 Å². The molecule has 0 saturated heterocycles. The Kier molecular flexibility index (Phi) is 4.41. The Balaban J connectivity index is 1.10. The number of rotatable bonds is 4. The third kappa shape index (κ3) is 4.23. The number of phenols is 1. The van der Waals surface area contributed by atoms with E-state index in [2.05, 4.69) is 49.9 Å². The maximum atomic E-state index is 11.0. The molecule has 0 aliphatic rings. The summed E-state index contributed by atoms with van der Waals surface area (Å²) in [6.45, 7) is 0. The van der Waals surface area contributed by atoms with Gasteiger partial charge in [-0.15, -0.1) is 0 Å². The molecular formula is C45H26N4O3. The average molecular weight is 680 g/mol. The van der Waals surface area contributed by atoms with E-state index in [9.17, 15) is 5.11 Å². The quantitative estimate of drug-likeness (QED) is 0.199. The molecule has 0 amide bonds. The Bertz CT molecular complexity index is 3550. The molecule has 0 unspecified atom stereocenters. The first-order valence-electron chi connectivity index (χ1n) is 20.8. The Hall–Kier alpha value is -7.25. The molecule has 0 radical (unpaired) electrons. The highest BCUT2D eigenvalue weighted by Crippen LogP contribution is 2.41. The van der Waals surface area contributed by atoms with Gasteiger partial charge in [0.1, 0.15) is 28.1 Å². The van der Waals surface area contributed by atoms with Crippen molar-refractivity contribution in [1.82, 2.24) is 19.5 Å². The van der Waals surface area contributed by atoms with E-state index in [0.29, 0.717) is 27.9 Å². The Labute approximate surface area is 308 Å². The summed E-state index contributed by atoms with van der Waals surface area (Å²) in [6.07, 6.45) is 0. The fourth-order valence-electron chi connectivity index (χ4n) is 7.12. The molecule has 0 atom stereocenters. The Morgan fingerprint density at radius 1 is 0.519 bits per heavy atom. The van der Waals surface area contributed by atoms with Crippen molar-refractivity contribution in [2.24, 2.45) is 0 Å². The van der Waals surface area contributed by atoms with Gasteiger partial charge < -0.3 is 18.5 Å². The summed E-state index contributed by atoms with van der Waals surface area (Å²) in [5.74, 6) is -1.70. The number of aromatic nitrogens is 4. The topological polar surface area (TPSA) is 90.1 Å². The monoisotopic (exact) mass is 679 g/mol. The summed E-state index contributed by atoms with van der Waals surface area (Å²) in [5, 5.41) is 16.5. The van der Waals surface area contributed by atoms with Gasteiger partial charge in [0.15, 0.2) is 17.5 Å². The van der Waals surface area contributed by atoms with Crippen LogP contribution in [0.1, 0.15) is 12.3 Å². The molecular weight excluding hydrogens is 645 g/mol. The van der Waals surface area contributed by atoms with Crippen LogP contribution in [0.3, 0.4) is 0 Å². The first kappa shape index (κ1) is 21.1. The second kappa shape index (κ2) is 10.9. The van der Waals surface area contributed by atoms with Gasteiger partial charge in [-0.05, 0) is 60.6 Å². The summed E-state index contributed by atoms with van der Waals surface area (Å²) in [6, 6.07) is 25.9. The maximum Gasteiger partial charge on any atom is 0.167 e. The summed E-state index contributed by atoms with van der Waals surface area (Å²) in [4.78, 5) is 13.4. The molecule has 52 heavy (non-hydrogen) atoms. The largest absolute Gasteiger partial charge is 0.507 e. The van der Waals surface area contributed by atoms with Crippen molar-refractivity contribution in [3.05, 3.63) is 151 Å². The van der Waals surface area contributed by atoms with E-state index in [1.54, 1.807) is 12.1 Å². The van der Waals surface area contributed by atoms with Gasteiger partial charge in [-0.1, -0.05) is 84.8 Å². The molecule has 11 aromatic rings. The highest BCUT2D eigenvalue weighted by Gasteiger charge is 2.20. The van der Waals surface area contributed by atoms with Crippen molar-refractivity contribution in [2.45, 2.75) is 0 Å². The van der Waals surface area contributed by atoms with E-state index in [-0.39, 0.29) is 17.2 Å². The van der Waals surface area contributed by atoms with Crippen LogP contribution in [-0.2, 0) is 0 Å². The molecule has 4 heterocycles. The van der Waals surface area contributed by atoms with Crippen LogP contribution < -0.4 is 0 Å². The molecule has 7 heteroatoms. The van der Waals surface area contributed by atoms with Gasteiger partial charge >= 0.3 is 0 Å². The fraction of sp³-hybridized carbons (Fsp3) is 0. The fourth-order valence-corrected chi connectivity index (χ4v) is 7.12. The normalized spacial score (nSPS) is 14.3. The smallest absolute Gasteiger partial charge is 0.167 e. The SMILES string of the molecule is [2H]c1c([2H])c([2H])c(-c2nc(-c3ccc4c(c3)oc3c4ccc4oc5cc(-n6c7ccccc7c7ccccc76)ccc5c43)nc(-c3c([2H])c([2H])c([2H])c([2H])c3O)n2)c([2H])c1[2H]. The van der Waals surface area contributed by atoms with Crippen molar-refractivity contribution in [3.8, 4) is 45.6 Å². The average Bonchev–Trinajstić information content (AvgIpc) is 3.95. The van der Waals surface area contributed by atoms with Crippen molar-refractivity contribution in [1.29, 1.82) is 0 Å². The molecule has 0 spiro atoms. The van der Waals surface area contributed by atoms with Gasteiger partial charge in [-0.25, -0.2) is 15.0 Å². The number of hydrogen-bond donors (Lipinski definition) is 1. The van der Waals surface area contributed by atoms with Gasteiger partial charge in [0.2, 0.25) is 0 Å². The lowest BCUT2D eigenvalue weighted by molar-refractivity contribution is 0.477. The lowest BCUT2D eigenvalue weighted by Crippen LogP contribution is -2.00. The predicted molar refractivity (Wildman–Crippen MR) is 207 cm³/mol. The van der Waals surface area contributed by atoms with Crippen LogP contribution in [0.5, 0.6) is 5.75 Å². The van der Waals surface area contributed by atoms with Gasteiger partial charge in [0.25, 0.3) is 0 Å². The standard InChI is InChI=1S/C45H26N4O3/c50-37-17-9-6-14-33(37)45-47-43(26-10-2-1-3-11-26)46-44(48-45)27-18-20-31-32-22-23-38-41(42(32)52-39(31)24-27)34-21-19-28(25-40(34)51-38)49-35-15-7-4-12-29(35)30-13-5-8-16-36(30)49/h1-25,50H/i1D,2D,3D,6D,9D,10D,11D,14D,17D. The molecule has 244 valence electrons. The van der Waals surface area contributed by atoms with Crippen molar-refractivity contribution in [3.63, 3.8) is 0 Å². The van der Waals surface area contributed by atoms with Crippen molar-refractivity contribution < 1.29 is 26.3 Å². The number of benzene rings is 7. The molecule has 1 N–H and O–H groups in total. The number of hydrogen-bond acceptors (Lipinski definition) is 6. The van der Waals surface area contributed by atoms with Gasteiger partial charge in [0.05, 0.1) is 34.3 Å². The highest BCUT2D eigenvalue weighted by atomic mass is 16.3. The summed E-state index contributed by atoms with van der Waals surface area (Å²) in [7, 11) is 0. The van der Waals surface area contributed by atoms with E-state index < -0.39 is 71.5 Å². The minimum Gasteiger partial charge on any atom is -0.507 e. The first-order chi connectivity index (χ1) is 29.4. The lowest BCUT2D eigenvalue weighted by Gasteiger charge is -2.09. The zero-order chi connectivity index (χ0) is 42.2. The predicted octanol–water partition coefficient (Wildman–Crippen LogP) is 11.5. The molecule has 4 aromatic heterocycles. The first-order valence-corrected chi connectivity index (χ1v) is 16.3. The lowest BCUT2D eigenvalue weighted by atomic mass is 10.1. The van der Waals surface area contributed by atoms with E-state index >= 15 is 0 Å². The van der Waals surface area contributed by atoms with Crippen LogP contribution in [0, 0.1) is 0 Å². The van der Waals surface area contributed by atoms with Crippen LogP contribution >= 0.6 is 0 Å². The Morgan fingerprint density at radius 2 is 1.17 bits per heavy atom. The minimum absolute atomic E-state index is 0.0857. The number of phenolic OH excluding ortho intramolecular Hbond substituents is 1. The van der Waals surface area contributed by atoms with Crippen molar-refractivity contribution in [2.75, 3.05) is 0 Å². The van der Waals surface area contributed by atoms with Crippen LogP contribution in [0.2, 0.25) is 0 Å². The molecule has 0 saturated carbocycles. The van der Waals surface area contributed by atoms with E-state index in [1.165, 1.54) is 0 Å². The van der Waals surface area contributed by atoms with Crippen LogP contribution in [0.15, 0.2) is 160 Å². The van der Waals surface area contributed by atoms with Crippen molar-refractivity contribution >= 4 is 65.7 Å². The minimum atomic E-state index is -0.832. The third-order valence-corrected chi connectivity index (χ3v) is 9.40. The highest BCUT2D eigenvalue weighted by molar-refractivity contribution is 6.22. The molecule has 0 bridgehead atoms. The van der Waals surface area contributed by atoms with E-state index in [1.807, 2.05) is 54.6 Å². The molecule has 0 fully saturated rings. The molecule has 0 aliphatic heterocycles. The zero-order valence-electron chi connectivity index (χ0n) is 35.8. The van der Waals surface area contributed by atoms with Crippen LogP contribution in [0.25, 0.3) is 106 Å². The second-order valence-corrected chi connectivity index (χ2v) is 12.3. The zero-order valence-corrected chi connectivity index (χ0v) is 26.8. The third-order valence-electron chi connectivity index (χ3n) is 9.40. The molecule has 0 aliphatic carbocycles. The van der Waals surface area contributed by atoms with E-state index in [4.69, 9.17) is 21.2 Å². The maximum absolute atomic E-state index is 11.0. The second-order valence-electron chi connectivity index (χ2n) is 12.3. The van der Waals surface area contributed by atoms with Crippen LogP contribution in [-0.4, -0.2) is 24.6 Å². The number of aromatic hydroxyl groups is 1. The van der Waals surface area contributed by atoms with Gasteiger partial charge in [-0.3, -0.25) is 0 Å². The molecule has 7 nitrogen and oxygen atoms in total. The summed E-state index contributed by atoms with van der Waals surface area (Å²) >= 11 is 0. The number of para-hydroxylation sites is 3. The number of furan rings is 2. The number of fused-ring (bicyclic) bond motifs is 10. The molecule has 7 aromatic carbocycles. The summed E-state index contributed by atoms with van der Waals surface area (Å²) in [5.41, 5.74) is 4.92. The Morgan fingerprint density at radius 3 is 1.98 bits per heavy atom. The van der Waals surface area contributed by atoms with E-state index in [0.717, 1.165) is 49.0 Å².